The van der Waals surface area contributed by atoms with Crippen LogP contribution in [0.15, 0.2) is 47.5 Å². The SMILES string of the molecule is Clc1ccc(NNN2C=NC3CCCc4cccc2c43)cc1. The van der Waals surface area contributed by atoms with Crippen LogP contribution in [0.25, 0.3) is 0 Å². The fourth-order valence-electron chi connectivity index (χ4n) is 3.15. The number of nitrogens with zero attached hydrogens (tertiary/aromatic N) is 2. The summed E-state index contributed by atoms with van der Waals surface area (Å²) in [6.45, 7) is 0. The maximum Gasteiger partial charge on any atom is 0.107 e. The summed E-state index contributed by atoms with van der Waals surface area (Å²) in [4.78, 5) is 4.69. The molecule has 2 N–H and O–H groups in total. The monoisotopic (exact) mass is 312 g/mol. The highest BCUT2D eigenvalue weighted by Crippen LogP contribution is 2.40. The van der Waals surface area contributed by atoms with Crippen LogP contribution in [-0.4, -0.2) is 6.34 Å². The number of halogens is 1. The molecule has 0 bridgehead atoms. The van der Waals surface area contributed by atoms with E-state index in [0.717, 1.165) is 23.6 Å². The van der Waals surface area contributed by atoms with E-state index in [4.69, 9.17) is 11.6 Å². The molecule has 4 nitrogen and oxygen atoms in total. The average Bonchev–Trinajstić information content (AvgIpc) is 2.56. The fraction of sp³-hybridized carbons (Fsp3) is 0.235. The summed E-state index contributed by atoms with van der Waals surface area (Å²) in [5.74, 6) is 0. The highest BCUT2D eigenvalue weighted by Gasteiger charge is 2.27. The molecule has 1 aliphatic heterocycles. The normalized spacial score (nSPS) is 19.0. The zero-order valence-electron chi connectivity index (χ0n) is 12.1. The summed E-state index contributed by atoms with van der Waals surface area (Å²) in [5, 5.41) is 2.67. The number of hydrogen-bond donors (Lipinski definition) is 2. The van der Waals surface area contributed by atoms with E-state index in [0.29, 0.717) is 6.04 Å². The fourth-order valence-corrected chi connectivity index (χ4v) is 3.27. The number of aryl methyl sites for hydroxylation is 1. The molecule has 0 spiro atoms. The molecule has 0 radical (unpaired) electrons. The molecule has 2 aromatic carbocycles. The van der Waals surface area contributed by atoms with E-state index in [1.54, 1.807) is 0 Å². The van der Waals surface area contributed by atoms with Crippen LogP contribution in [0.1, 0.15) is 30.0 Å². The highest BCUT2D eigenvalue weighted by molar-refractivity contribution is 6.30. The van der Waals surface area contributed by atoms with Crippen LogP contribution in [0, 0.1) is 0 Å². The lowest BCUT2D eigenvalue weighted by atomic mass is 9.86. The predicted molar refractivity (Wildman–Crippen MR) is 91.3 cm³/mol. The minimum absolute atomic E-state index is 0.313. The second-order valence-electron chi connectivity index (χ2n) is 5.64. The Labute approximate surface area is 134 Å². The summed E-state index contributed by atoms with van der Waals surface area (Å²) >= 11 is 5.90. The molecule has 1 heterocycles. The van der Waals surface area contributed by atoms with E-state index >= 15 is 0 Å². The Balaban J connectivity index is 1.57. The summed E-state index contributed by atoms with van der Waals surface area (Å²) in [6, 6.07) is 14.4. The van der Waals surface area contributed by atoms with E-state index in [2.05, 4.69) is 34.2 Å². The maximum atomic E-state index is 5.90. The highest BCUT2D eigenvalue weighted by atomic mass is 35.5. The van der Waals surface area contributed by atoms with Crippen molar-refractivity contribution in [3.8, 4) is 0 Å². The number of benzene rings is 2. The van der Waals surface area contributed by atoms with Crippen molar-refractivity contribution in [3.05, 3.63) is 58.6 Å². The van der Waals surface area contributed by atoms with Crippen molar-refractivity contribution in [1.29, 1.82) is 0 Å². The largest absolute Gasteiger partial charge is 0.304 e. The summed E-state index contributed by atoms with van der Waals surface area (Å²) in [7, 11) is 0. The zero-order chi connectivity index (χ0) is 14.9. The molecule has 1 aliphatic carbocycles. The van der Waals surface area contributed by atoms with Gasteiger partial charge >= 0.3 is 0 Å². The molecule has 112 valence electrons. The van der Waals surface area contributed by atoms with Crippen molar-refractivity contribution in [2.75, 3.05) is 10.4 Å². The van der Waals surface area contributed by atoms with Gasteiger partial charge in [0.15, 0.2) is 0 Å². The van der Waals surface area contributed by atoms with Gasteiger partial charge in [-0.25, -0.2) is 5.01 Å². The van der Waals surface area contributed by atoms with Crippen LogP contribution in [0.3, 0.4) is 0 Å². The van der Waals surface area contributed by atoms with Gasteiger partial charge in [-0.3, -0.25) is 4.99 Å². The van der Waals surface area contributed by atoms with Crippen LogP contribution in [-0.2, 0) is 6.42 Å². The lowest BCUT2D eigenvalue weighted by molar-refractivity contribution is 0.564. The van der Waals surface area contributed by atoms with Crippen molar-refractivity contribution in [1.82, 2.24) is 5.53 Å². The lowest BCUT2D eigenvalue weighted by Crippen LogP contribution is -2.43. The Morgan fingerprint density at radius 2 is 2.00 bits per heavy atom. The van der Waals surface area contributed by atoms with Gasteiger partial charge in [-0.2, -0.15) is 0 Å². The Kier molecular flexibility index (Phi) is 3.48. The predicted octanol–water partition coefficient (Wildman–Crippen LogP) is 4.10. The third-order valence-corrected chi connectivity index (χ3v) is 4.47. The van der Waals surface area contributed by atoms with Crippen molar-refractivity contribution >= 4 is 29.3 Å². The van der Waals surface area contributed by atoms with Gasteiger partial charge in [-0.05, 0) is 55.2 Å². The number of hydrazine groups is 2. The molecule has 0 saturated carbocycles. The minimum atomic E-state index is 0.313. The molecule has 1 unspecified atom stereocenters. The van der Waals surface area contributed by atoms with E-state index < -0.39 is 0 Å². The van der Waals surface area contributed by atoms with Crippen LogP contribution >= 0.6 is 11.6 Å². The van der Waals surface area contributed by atoms with Gasteiger partial charge in [0, 0.05) is 10.6 Å². The van der Waals surface area contributed by atoms with E-state index in [1.807, 2.05) is 35.6 Å². The van der Waals surface area contributed by atoms with Gasteiger partial charge in [0.05, 0.1) is 17.4 Å². The Morgan fingerprint density at radius 3 is 2.86 bits per heavy atom. The molecular formula is C17H17ClN4. The number of rotatable bonds is 3. The third kappa shape index (κ3) is 2.45. The van der Waals surface area contributed by atoms with E-state index in [-0.39, 0.29) is 0 Å². The second kappa shape index (κ2) is 5.63. The molecular weight excluding hydrogens is 296 g/mol. The van der Waals surface area contributed by atoms with Crippen molar-refractivity contribution in [2.24, 2.45) is 4.99 Å². The molecule has 1 atom stereocenters. The van der Waals surface area contributed by atoms with Crippen molar-refractivity contribution < 1.29 is 0 Å². The Hall–Kier alpha value is -2.04. The molecule has 2 aliphatic rings. The summed E-state index contributed by atoms with van der Waals surface area (Å²) in [6.07, 6.45) is 5.37. The Bertz CT molecular complexity index is 711. The second-order valence-corrected chi connectivity index (χ2v) is 6.07. The van der Waals surface area contributed by atoms with Crippen LogP contribution < -0.4 is 16.0 Å². The van der Waals surface area contributed by atoms with E-state index in [1.165, 1.54) is 23.2 Å². The summed E-state index contributed by atoms with van der Waals surface area (Å²) < 4.78 is 0. The van der Waals surface area contributed by atoms with Crippen LogP contribution in [0.5, 0.6) is 0 Å². The first-order chi connectivity index (χ1) is 10.8. The number of anilines is 2. The smallest absolute Gasteiger partial charge is 0.107 e. The molecule has 2 aromatic rings. The van der Waals surface area contributed by atoms with Crippen molar-refractivity contribution in [2.45, 2.75) is 25.3 Å². The molecule has 0 saturated heterocycles. The molecule has 0 fully saturated rings. The first-order valence-corrected chi connectivity index (χ1v) is 7.90. The lowest BCUT2D eigenvalue weighted by Gasteiger charge is -2.34. The van der Waals surface area contributed by atoms with Gasteiger partial charge in [-0.15, -0.1) is 5.53 Å². The van der Waals surface area contributed by atoms with Gasteiger partial charge in [0.2, 0.25) is 0 Å². The Morgan fingerprint density at radius 1 is 1.14 bits per heavy atom. The average molecular weight is 313 g/mol. The molecule has 22 heavy (non-hydrogen) atoms. The molecule has 5 heteroatoms. The standard InChI is InChI=1S/C17H17ClN4/c18-13-7-9-14(10-8-13)20-21-22-11-19-15-5-1-3-12-4-2-6-16(22)17(12)15/h2,4,6-11,15,20-21H,1,3,5H2. The topological polar surface area (TPSA) is 39.7 Å². The molecule has 0 aromatic heterocycles. The van der Waals surface area contributed by atoms with Gasteiger partial charge in [-0.1, -0.05) is 23.7 Å². The van der Waals surface area contributed by atoms with Gasteiger partial charge < -0.3 is 5.43 Å². The number of aliphatic imine (C=N–C) groups is 1. The molecule has 4 rings (SSSR count). The zero-order valence-corrected chi connectivity index (χ0v) is 12.8. The third-order valence-electron chi connectivity index (χ3n) is 4.22. The minimum Gasteiger partial charge on any atom is -0.304 e. The first-order valence-electron chi connectivity index (χ1n) is 7.53. The van der Waals surface area contributed by atoms with Gasteiger partial charge in [0.1, 0.15) is 6.34 Å². The first kappa shape index (κ1) is 13.6. The number of nitrogens with one attached hydrogen (secondary N) is 2. The quantitative estimate of drug-likeness (QED) is 0.838. The molecule has 0 amide bonds. The van der Waals surface area contributed by atoms with Crippen molar-refractivity contribution in [3.63, 3.8) is 0 Å². The van der Waals surface area contributed by atoms with Crippen LogP contribution in [0.4, 0.5) is 11.4 Å². The number of hydrogen-bond acceptors (Lipinski definition) is 4. The maximum absolute atomic E-state index is 5.90. The summed E-state index contributed by atoms with van der Waals surface area (Å²) in [5.41, 5.74) is 11.3. The van der Waals surface area contributed by atoms with Crippen LogP contribution in [0.2, 0.25) is 5.02 Å². The van der Waals surface area contributed by atoms with E-state index in [9.17, 15) is 0 Å². The van der Waals surface area contributed by atoms with Gasteiger partial charge in [0.25, 0.3) is 0 Å².